The van der Waals surface area contributed by atoms with Gasteiger partial charge in [-0.15, -0.1) is 0 Å². The van der Waals surface area contributed by atoms with E-state index in [0.717, 1.165) is 29.7 Å². The Hall–Kier alpha value is -2.04. The fourth-order valence-electron chi connectivity index (χ4n) is 4.49. The van der Waals surface area contributed by atoms with Gasteiger partial charge >= 0.3 is 0 Å². The second-order valence-electron chi connectivity index (χ2n) is 7.64. The van der Waals surface area contributed by atoms with Gasteiger partial charge in [0, 0.05) is 23.0 Å². The highest BCUT2D eigenvalue weighted by molar-refractivity contribution is 5.78. The van der Waals surface area contributed by atoms with Crippen LogP contribution >= 0.6 is 0 Å². The van der Waals surface area contributed by atoms with Crippen molar-refractivity contribution in [3.63, 3.8) is 0 Å². The SMILES string of the molecule is CC12CCC(C)(c3nc4cc([N+](=O)[O-])ccc4nc31)C2(C)C. The Morgan fingerprint density at radius 3 is 2.09 bits per heavy atom. The van der Waals surface area contributed by atoms with Crippen LogP contribution in [0.15, 0.2) is 18.2 Å². The molecule has 2 bridgehead atoms. The average molecular weight is 297 g/mol. The van der Waals surface area contributed by atoms with Crippen molar-refractivity contribution in [3.8, 4) is 0 Å². The number of nitrogens with zero attached hydrogens (tertiary/aromatic N) is 3. The second-order valence-corrected chi connectivity index (χ2v) is 7.64. The summed E-state index contributed by atoms with van der Waals surface area (Å²) in [5.41, 5.74) is 3.68. The van der Waals surface area contributed by atoms with Gasteiger partial charge in [-0.1, -0.05) is 27.7 Å². The van der Waals surface area contributed by atoms with Crippen molar-refractivity contribution >= 4 is 16.7 Å². The Bertz CT molecular complexity index is 845. The van der Waals surface area contributed by atoms with E-state index < -0.39 is 0 Å². The van der Waals surface area contributed by atoms with E-state index in [1.54, 1.807) is 6.07 Å². The van der Waals surface area contributed by atoms with Crippen LogP contribution in [0.4, 0.5) is 5.69 Å². The Morgan fingerprint density at radius 1 is 1.00 bits per heavy atom. The Labute approximate surface area is 128 Å². The third-order valence-corrected chi connectivity index (χ3v) is 6.79. The summed E-state index contributed by atoms with van der Waals surface area (Å²) in [5.74, 6) is 0. The van der Waals surface area contributed by atoms with Crippen molar-refractivity contribution in [3.05, 3.63) is 39.7 Å². The molecule has 2 unspecified atom stereocenters. The van der Waals surface area contributed by atoms with Crippen molar-refractivity contribution in [1.82, 2.24) is 9.97 Å². The van der Waals surface area contributed by atoms with E-state index in [1.807, 2.05) is 0 Å². The van der Waals surface area contributed by atoms with Crippen LogP contribution in [-0.4, -0.2) is 14.9 Å². The minimum Gasteiger partial charge on any atom is -0.258 e. The highest BCUT2D eigenvalue weighted by atomic mass is 16.6. The summed E-state index contributed by atoms with van der Waals surface area (Å²) in [4.78, 5) is 20.3. The van der Waals surface area contributed by atoms with Crippen LogP contribution in [-0.2, 0) is 10.8 Å². The van der Waals surface area contributed by atoms with Gasteiger partial charge in [0.1, 0.15) is 0 Å². The number of hydrogen-bond acceptors (Lipinski definition) is 4. The molecule has 1 saturated carbocycles. The van der Waals surface area contributed by atoms with Crippen LogP contribution in [0.25, 0.3) is 11.0 Å². The van der Waals surface area contributed by atoms with Crippen LogP contribution in [0.1, 0.15) is 51.9 Å². The van der Waals surface area contributed by atoms with E-state index in [4.69, 9.17) is 9.97 Å². The van der Waals surface area contributed by atoms with Gasteiger partial charge in [-0.2, -0.15) is 0 Å². The van der Waals surface area contributed by atoms with Gasteiger partial charge in [-0.05, 0) is 24.3 Å². The number of hydrogen-bond donors (Lipinski definition) is 0. The first kappa shape index (κ1) is 13.6. The molecule has 4 rings (SSSR count). The molecule has 1 heterocycles. The summed E-state index contributed by atoms with van der Waals surface area (Å²) in [6.45, 7) is 9.16. The molecule has 5 nitrogen and oxygen atoms in total. The van der Waals surface area contributed by atoms with E-state index in [1.165, 1.54) is 12.1 Å². The number of non-ortho nitro benzene ring substituents is 1. The lowest BCUT2D eigenvalue weighted by Crippen LogP contribution is -2.38. The maximum absolute atomic E-state index is 11.0. The number of aromatic nitrogens is 2. The molecule has 1 aromatic heterocycles. The minimum absolute atomic E-state index is 0.0110. The maximum Gasteiger partial charge on any atom is 0.271 e. The topological polar surface area (TPSA) is 68.9 Å². The lowest BCUT2D eigenvalue weighted by molar-refractivity contribution is -0.384. The van der Waals surface area contributed by atoms with Crippen molar-refractivity contribution < 1.29 is 4.92 Å². The third kappa shape index (κ3) is 1.26. The zero-order valence-electron chi connectivity index (χ0n) is 13.3. The highest BCUT2D eigenvalue weighted by Crippen LogP contribution is 2.69. The summed E-state index contributed by atoms with van der Waals surface area (Å²) >= 11 is 0. The fourth-order valence-corrected chi connectivity index (χ4v) is 4.49. The van der Waals surface area contributed by atoms with E-state index in [2.05, 4.69) is 27.7 Å². The van der Waals surface area contributed by atoms with Gasteiger partial charge in [-0.25, -0.2) is 9.97 Å². The molecule has 0 spiro atoms. The maximum atomic E-state index is 11.0. The fraction of sp³-hybridized carbons (Fsp3) is 0.529. The highest BCUT2D eigenvalue weighted by Gasteiger charge is 2.67. The molecular formula is C17H19N3O2. The normalized spacial score (nSPS) is 31.5. The molecule has 0 N–H and O–H groups in total. The Kier molecular flexibility index (Phi) is 2.26. The van der Waals surface area contributed by atoms with Gasteiger partial charge in [0.05, 0.1) is 27.3 Å². The predicted octanol–water partition coefficient (Wildman–Crippen LogP) is 3.89. The molecule has 0 aliphatic heterocycles. The van der Waals surface area contributed by atoms with Gasteiger partial charge in [0.2, 0.25) is 0 Å². The first-order chi connectivity index (χ1) is 10.2. The largest absolute Gasteiger partial charge is 0.271 e. The number of rotatable bonds is 1. The van der Waals surface area contributed by atoms with Crippen molar-refractivity contribution in [2.75, 3.05) is 0 Å². The first-order valence-electron chi connectivity index (χ1n) is 7.68. The summed E-state index contributed by atoms with van der Waals surface area (Å²) in [6, 6.07) is 4.75. The molecule has 2 aromatic rings. The molecule has 2 aliphatic rings. The zero-order chi connectivity index (χ0) is 15.9. The molecule has 114 valence electrons. The van der Waals surface area contributed by atoms with E-state index >= 15 is 0 Å². The molecule has 1 aromatic carbocycles. The number of nitro groups is 1. The van der Waals surface area contributed by atoms with Crippen LogP contribution < -0.4 is 0 Å². The lowest BCUT2D eigenvalue weighted by Gasteiger charge is -2.38. The van der Waals surface area contributed by atoms with Crippen LogP contribution in [0, 0.1) is 15.5 Å². The molecule has 1 fully saturated rings. The summed E-state index contributed by atoms with van der Waals surface area (Å²) in [6.07, 6.45) is 2.22. The summed E-state index contributed by atoms with van der Waals surface area (Å²) < 4.78 is 0. The molecule has 2 aliphatic carbocycles. The van der Waals surface area contributed by atoms with Crippen LogP contribution in [0.2, 0.25) is 0 Å². The predicted molar refractivity (Wildman–Crippen MR) is 83.9 cm³/mol. The van der Waals surface area contributed by atoms with E-state index in [-0.39, 0.29) is 26.9 Å². The van der Waals surface area contributed by atoms with Crippen molar-refractivity contribution in [2.45, 2.75) is 51.4 Å². The molecule has 2 atom stereocenters. The van der Waals surface area contributed by atoms with Crippen molar-refractivity contribution in [1.29, 1.82) is 0 Å². The average Bonchev–Trinajstić information content (AvgIpc) is 2.73. The summed E-state index contributed by atoms with van der Waals surface area (Å²) in [7, 11) is 0. The lowest BCUT2D eigenvalue weighted by atomic mass is 9.65. The quantitative estimate of drug-likeness (QED) is 0.591. The molecule has 0 amide bonds. The zero-order valence-corrected chi connectivity index (χ0v) is 13.3. The van der Waals surface area contributed by atoms with Crippen LogP contribution in [0.5, 0.6) is 0 Å². The number of benzene rings is 1. The monoisotopic (exact) mass is 297 g/mol. The molecular weight excluding hydrogens is 278 g/mol. The van der Waals surface area contributed by atoms with E-state index in [0.29, 0.717) is 5.52 Å². The molecule has 0 radical (unpaired) electrons. The molecule has 5 heteroatoms. The molecule has 0 saturated heterocycles. The Morgan fingerprint density at radius 2 is 1.55 bits per heavy atom. The molecule has 22 heavy (non-hydrogen) atoms. The van der Waals surface area contributed by atoms with Gasteiger partial charge in [0.25, 0.3) is 5.69 Å². The van der Waals surface area contributed by atoms with Gasteiger partial charge in [0.15, 0.2) is 0 Å². The van der Waals surface area contributed by atoms with Gasteiger partial charge in [-0.3, -0.25) is 10.1 Å². The van der Waals surface area contributed by atoms with E-state index in [9.17, 15) is 10.1 Å². The van der Waals surface area contributed by atoms with Crippen LogP contribution in [0.3, 0.4) is 0 Å². The number of fused-ring (bicyclic) bond motifs is 6. The number of nitro benzene ring substituents is 1. The second kappa shape index (κ2) is 3.65. The first-order valence-corrected chi connectivity index (χ1v) is 7.68. The van der Waals surface area contributed by atoms with Crippen molar-refractivity contribution in [2.24, 2.45) is 5.41 Å². The summed E-state index contributed by atoms with van der Waals surface area (Å²) in [5, 5.41) is 11.0. The smallest absolute Gasteiger partial charge is 0.258 e. The minimum atomic E-state index is -0.381. The third-order valence-electron chi connectivity index (χ3n) is 6.79. The Balaban J connectivity index is 2.04. The van der Waals surface area contributed by atoms with Gasteiger partial charge < -0.3 is 0 Å². The standard InChI is InChI=1S/C17H19N3O2/c1-15(2)16(3)7-8-17(15,4)14-13(16)18-11-6-5-10(20(21)22)9-12(11)19-14/h5-6,9H,7-8H2,1-4H3.